The second kappa shape index (κ2) is 9.07. The fourth-order valence-electron chi connectivity index (χ4n) is 2.46. The van der Waals surface area contributed by atoms with E-state index in [1.165, 1.54) is 0 Å². The summed E-state index contributed by atoms with van der Waals surface area (Å²) in [5.41, 5.74) is 0. The zero-order valence-electron chi connectivity index (χ0n) is 12.2. The molecule has 1 aliphatic heterocycles. The lowest BCUT2D eigenvalue weighted by Crippen LogP contribution is -2.49. The zero-order chi connectivity index (χ0) is 15.0. The van der Waals surface area contributed by atoms with E-state index < -0.39 is 12.0 Å². The van der Waals surface area contributed by atoms with Crippen LogP contribution in [0.5, 0.6) is 0 Å². The standard InChI is InChI=1S/C13H25N3O3S/c1-3-16-7-4-5-10(16)9-14-13(19)15-11(12(17)18)6-8-20-2/h10-11H,3-9H2,1-2H3,(H,17,18)(H2,14,15,19)/t10?,11-/m1/s1. The van der Waals surface area contributed by atoms with E-state index in [1.807, 2.05) is 6.26 Å². The van der Waals surface area contributed by atoms with E-state index in [1.54, 1.807) is 11.8 Å². The molecule has 2 amide bonds. The predicted molar refractivity (Wildman–Crippen MR) is 81.2 cm³/mol. The second-order valence-electron chi connectivity index (χ2n) is 4.95. The summed E-state index contributed by atoms with van der Waals surface area (Å²) in [5.74, 6) is -0.269. The lowest BCUT2D eigenvalue weighted by molar-refractivity contribution is -0.139. The molecule has 2 atom stereocenters. The van der Waals surface area contributed by atoms with Crippen LogP contribution >= 0.6 is 11.8 Å². The Labute approximate surface area is 124 Å². The van der Waals surface area contributed by atoms with E-state index in [0.29, 0.717) is 24.8 Å². The van der Waals surface area contributed by atoms with Crippen LogP contribution in [-0.4, -0.2) is 65.7 Å². The minimum Gasteiger partial charge on any atom is -0.480 e. The smallest absolute Gasteiger partial charge is 0.326 e. The van der Waals surface area contributed by atoms with E-state index >= 15 is 0 Å². The molecule has 1 heterocycles. The highest BCUT2D eigenvalue weighted by atomic mass is 32.2. The summed E-state index contributed by atoms with van der Waals surface area (Å²) in [7, 11) is 0. The van der Waals surface area contributed by atoms with Crippen molar-refractivity contribution in [3.63, 3.8) is 0 Å². The fraction of sp³-hybridized carbons (Fsp3) is 0.846. The maximum Gasteiger partial charge on any atom is 0.326 e. The van der Waals surface area contributed by atoms with Crippen molar-refractivity contribution < 1.29 is 14.7 Å². The molecule has 0 aromatic carbocycles. The number of rotatable bonds is 8. The Kier molecular flexibility index (Phi) is 7.76. The molecule has 0 saturated carbocycles. The minimum absolute atomic E-state index is 0.375. The molecule has 0 aliphatic carbocycles. The molecule has 0 bridgehead atoms. The van der Waals surface area contributed by atoms with Gasteiger partial charge in [0.1, 0.15) is 6.04 Å². The first kappa shape index (κ1) is 17.1. The minimum atomic E-state index is -0.981. The molecule has 1 rings (SSSR count). The van der Waals surface area contributed by atoms with Crippen molar-refractivity contribution in [3.8, 4) is 0 Å². The Balaban J connectivity index is 2.32. The van der Waals surface area contributed by atoms with E-state index in [0.717, 1.165) is 25.9 Å². The van der Waals surface area contributed by atoms with Gasteiger partial charge in [-0.05, 0) is 44.4 Å². The average molecular weight is 303 g/mol. The quantitative estimate of drug-likeness (QED) is 0.622. The summed E-state index contributed by atoms with van der Waals surface area (Å²) in [6.07, 6.45) is 4.60. The molecule has 1 unspecified atom stereocenters. The van der Waals surface area contributed by atoms with Gasteiger partial charge in [0, 0.05) is 12.6 Å². The zero-order valence-corrected chi connectivity index (χ0v) is 13.0. The van der Waals surface area contributed by atoms with Crippen LogP contribution in [-0.2, 0) is 4.79 Å². The van der Waals surface area contributed by atoms with Gasteiger partial charge in [-0.25, -0.2) is 9.59 Å². The van der Waals surface area contributed by atoms with E-state index in [4.69, 9.17) is 5.11 Å². The Morgan fingerprint density at radius 2 is 2.25 bits per heavy atom. The molecule has 6 nitrogen and oxygen atoms in total. The van der Waals surface area contributed by atoms with Crippen LogP contribution in [0.25, 0.3) is 0 Å². The molecule has 0 radical (unpaired) electrons. The van der Waals surface area contributed by atoms with Gasteiger partial charge in [0.05, 0.1) is 0 Å². The second-order valence-corrected chi connectivity index (χ2v) is 5.94. The van der Waals surface area contributed by atoms with Gasteiger partial charge < -0.3 is 15.7 Å². The molecule has 7 heteroatoms. The SMILES string of the molecule is CCN1CCCC1CNC(=O)N[C@H](CCSC)C(=O)O. The van der Waals surface area contributed by atoms with Crippen LogP contribution in [0.15, 0.2) is 0 Å². The number of hydrogen-bond acceptors (Lipinski definition) is 4. The lowest BCUT2D eigenvalue weighted by atomic mass is 10.2. The van der Waals surface area contributed by atoms with Crippen LogP contribution in [0.2, 0.25) is 0 Å². The van der Waals surface area contributed by atoms with Gasteiger partial charge in [-0.2, -0.15) is 11.8 Å². The van der Waals surface area contributed by atoms with E-state index in [9.17, 15) is 9.59 Å². The number of carbonyl (C=O) groups excluding carboxylic acids is 1. The molecule has 1 saturated heterocycles. The summed E-state index contributed by atoms with van der Waals surface area (Å²) in [6, 6.07) is -0.824. The topological polar surface area (TPSA) is 81.7 Å². The molecule has 3 N–H and O–H groups in total. The molecule has 116 valence electrons. The van der Waals surface area contributed by atoms with Gasteiger partial charge in [0.2, 0.25) is 0 Å². The number of carboxylic acid groups (broad SMARTS) is 1. The largest absolute Gasteiger partial charge is 0.480 e. The number of carbonyl (C=O) groups is 2. The highest BCUT2D eigenvalue weighted by molar-refractivity contribution is 7.98. The number of likely N-dealkylation sites (N-methyl/N-ethyl adjacent to an activating group) is 1. The number of aliphatic carboxylic acids is 1. The molecule has 1 fully saturated rings. The van der Waals surface area contributed by atoms with Crippen molar-refractivity contribution in [2.45, 2.75) is 38.3 Å². The third-order valence-corrected chi connectivity index (χ3v) is 4.26. The number of hydrogen-bond donors (Lipinski definition) is 3. The summed E-state index contributed by atoms with van der Waals surface area (Å²) in [4.78, 5) is 25.1. The summed E-state index contributed by atoms with van der Waals surface area (Å²) in [5, 5.41) is 14.4. The Morgan fingerprint density at radius 3 is 2.85 bits per heavy atom. The van der Waals surface area contributed by atoms with Crippen LogP contribution in [0, 0.1) is 0 Å². The van der Waals surface area contributed by atoms with Gasteiger partial charge in [0.25, 0.3) is 0 Å². The number of thioether (sulfide) groups is 1. The van der Waals surface area contributed by atoms with Crippen LogP contribution in [0.3, 0.4) is 0 Å². The number of amides is 2. The first-order chi connectivity index (χ1) is 9.58. The Hall–Kier alpha value is -0.950. The summed E-state index contributed by atoms with van der Waals surface area (Å²) < 4.78 is 0. The number of likely N-dealkylation sites (tertiary alicyclic amines) is 1. The third kappa shape index (κ3) is 5.58. The van der Waals surface area contributed by atoms with Gasteiger partial charge in [-0.15, -0.1) is 0 Å². The number of nitrogens with one attached hydrogen (secondary N) is 2. The third-order valence-electron chi connectivity index (χ3n) is 3.62. The van der Waals surface area contributed by atoms with Crippen LogP contribution in [0.1, 0.15) is 26.2 Å². The molecule has 0 aromatic rings. The normalized spacial score (nSPS) is 20.6. The average Bonchev–Trinajstić information content (AvgIpc) is 2.88. The lowest BCUT2D eigenvalue weighted by Gasteiger charge is -2.23. The molecule has 0 spiro atoms. The first-order valence-corrected chi connectivity index (χ1v) is 8.48. The predicted octanol–water partition coefficient (Wildman–Crippen LogP) is 0.976. The maximum atomic E-state index is 11.8. The highest BCUT2D eigenvalue weighted by Gasteiger charge is 2.24. The fourth-order valence-corrected chi connectivity index (χ4v) is 2.93. The van der Waals surface area contributed by atoms with Gasteiger partial charge in [0.15, 0.2) is 0 Å². The maximum absolute atomic E-state index is 11.8. The Bertz CT molecular complexity index is 328. The van der Waals surface area contributed by atoms with E-state index in [2.05, 4.69) is 22.5 Å². The Morgan fingerprint density at radius 1 is 1.50 bits per heavy atom. The summed E-state index contributed by atoms with van der Waals surface area (Å²) >= 11 is 1.57. The van der Waals surface area contributed by atoms with Gasteiger partial charge in [-0.3, -0.25) is 4.90 Å². The number of urea groups is 1. The van der Waals surface area contributed by atoms with Crippen molar-refractivity contribution in [1.29, 1.82) is 0 Å². The molecule has 0 aromatic heterocycles. The number of nitrogens with zero attached hydrogens (tertiary/aromatic N) is 1. The van der Waals surface area contributed by atoms with Crippen molar-refractivity contribution in [2.75, 3.05) is 31.6 Å². The van der Waals surface area contributed by atoms with Gasteiger partial charge in [-0.1, -0.05) is 6.92 Å². The van der Waals surface area contributed by atoms with Crippen LogP contribution in [0.4, 0.5) is 4.79 Å². The van der Waals surface area contributed by atoms with Crippen molar-refractivity contribution >= 4 is 23.8 Å². The molecular weight excluding hydrogens is 278 g/mol. The first-order valence-electron chi connectivity index (χ1n) is 7.08. The highest BCUT2D eigenvalue weighted by Crippen LogP contribution is 2.15. The van der Waals surface area contributed by atoms with E-state index in [-0.39, 0.29) is 6.03 Å². The summed E-state index contributed by atoms with van der Waals surface area (Å²) in [6.45, 7) is 4.76. The van der Waals surface area contributed by atoms with Crippen molar-refractivity contribution in [1.82, 2.24) is 15.5 Å². The van der Waals surface area contributed by atoms with Crippen molar-refractivity contribution in [3.05, 3.63) is 0 Å². The van der Waals surface area contributed by atoms with Gasteiger partial charge >= 0.3 is 12.0 Å². The molecular formula is C13H25N3O3S. The molecule has 20 heavy (non-hydrogen) atoms. The monoisotopic (exact) mass is 303 g/mol. The van der Waals surface area contributed by atoms with Crippen LogP contribution < -0.4 is 10.6 Å². The van der Waals surface area contributed by atoms with Crippen molar-refractivity contribution in [2.24, 2.45) is 0 Å². The number of carboxylic acids is 1. The molecule has 1 aliphatic rings.